The minimum Gasteiger partial charge on any atom is -0.477 e. The largest absolute Gasteiger partial charge is 0.477 e. The van der Waals surface area contributed by atoms with Crippen molar-refractivity contribution in [2.45, 2.75) is 6.92 Å². The molecule has 1 aromatic heterocycles. The first-order valence-electron chi connectivity index (χ1n) is 7.12. The van der Waals surface area contributed by atoms with Gasteiger partial charge in [0, 0.05) is 5.56 Å². The third-order valence-electron chi connectivity index (χ3n) is 3.71. The number of hydrogen-bond donors (Lipinski definition) is 2. The summed E-state index contributed by atoms with van der Waals surface area (Å²) in [7, 11) is 0. The van der Waals surface area contributed by atoms with E-state index in [9.17, 15) is 9.90 Å². The van der Waals surface area contributed by atoms with Gasteiger partial charge in [-0.2, -0.15) is 5.26 Å². The SMILES string of the molecule is Cc1ccc(-c2[nH]c(C(=O)O)cc2-c2ccc(C#N)cc2)cc1. The van der Waals surface area contributed by atoms with Crippen LogP contribution in [0.5, 0.6) is 0 Å². The van der Waals surface area contributed by atoms with Gasteiger partial charge in [-0.25, -0.2) is 4.79 Å². The number of aryl methyl sites for hydroxylation is 1. The maximum absolute atomic E-state index is 11.3. The molecule has 0 aliphatic carbocycles. The molecule has 4 nitrogen and oxygen atoms in total. The molecule has 0 atom stereocenters. The number of rotatable bonds is 3. The van der Waals surface area contributed by atoms with Crippen molar-refractivity contribution in [3.8, 4) is 28.5 Å². The van der Waals surface area contributed by atoms with E-state index in [1.807, 2.05) is 43.3 Å². The lowest BCUT2D eigenvalue weighted by molar-refractivity contribution is 0.0691. The second-order valence-electron chi connectivity index (χ2n) is 5.33. The summed E-state index contributed by atoms with van der Waals surface area (Å²) < 4.78 is 0. The van der Waals surface area contributed by atoms with Crippen LogP contribution in [0.2, 0.25) is 0 Å². The molecule has 0 saturated carbocycles. The first-order chi connectivity index (χ1) is 11.1. The molecular weight excluding hydrogens is 288 g/mol. The van der Waals surface area contributed by atoms with E-state index in [1.165, 1.54) is 0 Å². The minimum atomic E-state index is -1.00. The molecule has 2 aromatic carbocycles. The van der Waals surface area contributed by atoms with E-state index in [0.717, 1.165) is 27.9 Å². The van der Waals surface area contributed by atoms with E-state index in [-0.39, 0.29) is 5.69 Å². The number of hydrogen-bond acceptors (Lipinski definition) is 2. The predicted molar refractivity (Wildman–Crippen MR) is 88.1 cm³/mol. The van der Waals surface area contributed by atoms with Crippen molar-refractivity contribution in [3.05, 3.63) is 71.4 Å². The number of nitrogens with one attached hydrogen (secondary N) is 1. The Kier molecular flexibility index (Phi) is 3.70. The third-order valence-corrected chi connectivity index (χ3v) is 3.71. The van der Waals surface area contributed by atoms with Crippen molar-refractivity contribution in [1.82, 2.24) is 4.98 Å². The Hall–Kier alpha value is -3.32. The fourth-order valence-electron chi connectivity index (χ4n) is 2.47. The van der Waals surface area contributed by atoms with Gasteiger partial charge in [-0.15, -0.1) is 0 Å². The van der Waals surface area contributed by atoms with Gasteiger partial charge in [-0.3, -0.25) is 0 Å². The maximum atomic E-state index is 11.3. The van der Waals surface area contributed by atoms with E-state index in [1.54, 1.807) is 18.2 Å². The van der Waals surface area contributed by atoms with Gasteiger partial charge in [0.05, 0.1) is 17.3 Å². The Balaban J connectivity index is 2.16. The molecule has 112 valence electrons. The number of aromatic nitrogens is 1. The molecule has 3 aromatic rings. The molecule has 0 fully saturated rings. The first kappa shape index (κ1) is 14.6. The summed E-state index contributed by atoms with van der Waals surface area (Å²) in [4.78, 5) is 14.3. The number of nitriles is 1. The zero-order valence-corrected chi connectivity index (χ0v) is 12.5. The highest BCUT2D eigenvalue weighted by atomic mass is 16.4. The second-order valence-corrected chi connectivity index (χ2v) is 5.33. The van der Waals surface area contributed by atoms with Crippen molar-refractivity contribution in [2.75, 3.05) is 0 Å². The first-order valence-corrected chi connectivity index (χ1v) is 7.12. The molecule has 0 spiro atoms. The lowest BCUT2D eigenvalue weighted by atomic mass is 10.00. The van der Waals surface area contributed by atoms with Gasteiger partial charge in [0.1, 0.15) is 5.69 Å². The molecule has 4 heteroatoms. The Morgan fingerprint density at radius 1 is 1.04 bits per heavy atom. The van der Waals surface area contributed by atoms with Crippen LogP contribution in [-0.4, -0.2) is 16.1 Å². The normalized spacial score (nSPS) is 10.3. The molecule has 0 radical (unpaired) electrons. The van der Waals surface area contributed by atoms with E-state index in [0.29, 0.717) is 5.56 Å². The summed E-state index contributed by atoms with van der Waals surface area (Å²) in [6.45, 7) is 2.00. The van der Waals surface area contributed by atoms with Crippen molar-refractivity contribution >= 4 is 5.97 Å². The number of carboxylic acids is 1. The molecule has 1 heterocycles. The fraction of sp³-hybridized carbons (Fsp3) is 0.0526. The highest BCUT2D eigenvalue weighted by Gasteiger charge is 2.15. The van der Waals surface area contributed by atoms with E-state index in [2.05, 4.69) is 11.1 Å². The van der Waals surface area contributed by atoms with Crippen LogP contribution in [-0.2, 0) is 0 Å². The summed E-state index contributed by atoms with van der Waals surface area (Å²) in [5.41, 5.74) is 5.19. The number of aromatic carboxylic acids is 1. The van der Waals surface area contributed by atoms with Crippen molar-refractivity contribution in [3.63, 3.8) is 0 Å². The molecule has 2 N–H and O–H groups in total. The van der Waals surface area contributed by atoms with Gasteiger partial charge >= 0.3 is 5.97 Å². The average molecular weight is 302 g/mol. The third kappa shape index (κ3) is 2.85. The topological polar surface area (TPSA) is 76.9 Å². The zero-order valence-electron chi connectivity index (χ0n) is 12.5. The summed E-state index contributed by atoms with van der Waals surface area (Å²) in [5, 5.41) is 18.2. The standard InChI is InChI=1S/C19H14N2O2/c1-12-2-6-15(7-3-12)18-16(10-17(21-18)19(22)23)14-8-4-13(11-20)5-9-14/h2-10,21H,1H3,(H,22,23). The second kappa shape index (κ2) is 5.82. The van der Waals surface area contributed by atoms with Crippen molar-refractivity contribution in [1.29, 1.82) is 5.26 Å². The van der Waals surface area contributed by atoms with E-state index >= 15 is 0 Å². The van der Waals surface area contributed by atoms with Gasteiger partial charge in [-0.05, 0) is 36.2 Å². The summed E-state index contributed by atoms with van der Waals surface area (Å²) >= 11 is 0. The molecule has 23 heavy (non-hydrogen) atoms. The van der Waals surface area contributed by atoms with Crippen LogP contribution in [0.4, 0.5) is 0 Å². The molecule has 0 saturated heterocycles. The van der Waals surface area contributed by atoms with Crippen LogP contribution in [0.15, 0.2) is 54.6 Å². The Morgan fingerprint density at radius 3 is 2.22 bits per heavy atom. The van der Waals surface area contributed by atoms with Gasteiger partial charge in [0.2, 0.25) is 0 Å². The highest BCUT2D eigenvalue weighted by Crippen LogP contribution is 2.33. The van der Waals surface area contributed by atoms with Crippen molar-refractivity contribution in [2.24, 2.45) is 0 Å². The Morgan fingerprint density at radius 2 is 1.65 bits per heavy atom. The van der Waals surface area contributed by atoms with Crippen LogP contribution in [0.3, 0.4) is 0 Å². The fourth-order valence-corrected chi connectivity index (χ4v) is 2.47. The quantitative estimate of drug-likeness (QED) is 0.760. The summed E-state index contributed by atoms with van der Waals surface area (Å²) in [5.74, 6) is -1.00. The molecule has 0 aliphatic rings. The van der Waals surface area contributed by atoms with Gasteiger partial charge in [0.15, 0.2) is 0 Å². The number of carboxylic acid groups (broad SMARTS) is 1. The van der Waals surface area contributed by atoms with Crippen LogP contribution < -0.4 is 0 Å². The smallest absolute Gasteiger partial charge is 0.352 e. The molecule has 3 rings (SSSR count). The van der Waals surface area contributed by atoms with Gasteiger partial charge in [-0.1, -0.05) is 42.0 Å². The van der Waals surface area contributed by atoms with Crippen molar-refractivity contribution < 1.29 is 9.90 Å². The maximum Gasteiger partial charge on any atom is 0.352 e. The molecule has 0 aliphatic heterocycles. The van der Waals surface area contributed by atoms with Crippen LogP contribution in [0.25, 0.3) is 22.4 Å². The number of nitrogens with zero attached hydrogens (tertiary/aromatic N) is 1. The lowest BCUT2D eigenvalue weighted by Gasteiger charge is -2.05. The Bertz CT molecular complexity index is 898. The number of H-pyrrole nitrogens is 1. The predicted octanol–water partition coefficient (Wildman–Crippen LogP) is 4.23. The zero-order chi connectivity index (χ0) is 16.4. The van der Waals surface area contributed by atoms with E-state index in [4.69, 9.17) is 5.26 Å². The molecule has 0 amide bonds. The number of carbonyl (C=O) groups is 1. The molecular formula is C19H14N2O2. The molecule has 0 bridgehead atoms. The Labute approximate surface area is 133 Å². The molecule has 0 unspecified atom stereocenters. The number of benzene rings is 2. The summed E-state index contributed by atoms with van der Waals surface area (Å²) in [6.07, 6.45) is 0. The van der Waals surface area contributed by atoms with Crippen LogP contribution in [0, 0.1) is 18.3 Å². The van der Waals surface area contributed by atoms with Gasteiger partial charge in [0.25, 0.3) is 0 Å². The monoisotopic (exact) mass is 302 g/mol. The summed E-state index contributed by atoms with van der Waals surface area (Å²) in [6, 6.07) is 18.7. The minimum absolute atomic E-state index is 0.139. The number of aromatic amines is 1. The van der Waals surface area contributed by atoms with Crippen LogP contribution in [0.1, 0.15) is 21.6 Å². The average Bonchev–Trinajstić information content (AvgIpc) is 3.01. The van der Waals surface area contributed by atoms with E-state index < -0.39 is 5.97 Å². The van der Waals surface area contributed by atoms with Crippen LogP contribution >= 0.6 is 0 Å². The lowest BCUT2D eigenvalue weighted by Crippen LogP contribution is -1.95. The highest BCUT2D eigenvalue weighted by molar-refractivity contribution is 5.92. The van der Waals surface area contributed by atoms with Gasteiger partial charge < -0.3 is 10.1 Å².